The SMILES string of the molecule is [2H]C([2H])([2H])c1cnc(-c2cccc3c2oc2cc(-c4nc(C(C)(C)C)nc(C(C)(C)C)n4)ccc23)cc1-c1cc2c(cc1C([2H])([2H])[2H])[Si](C)(C)CC[Si]2(C)C. The van der Waals surface area contributed by atoms with Gasteiger partial charge in [0, 0.05) is 47.2 Å². The quantitative estimate of drug-likeness (QED) is 0.173. The molecule has 0 bridgehead atoms. The average Bonchev–Trinajstić information content (AvgIpc) is 3.46. The van der Waals surface area contributed by atoms with Crippen molar-refractivity contribution in [1.82, 2.24) is 19.9 Å². The van der Waals surface area contributed by atoms with E-state index in [0.29, 0.717) is 51.0 Å². The minimum Gasteiger partial charge on any atom is -0.455 e. The molecule has 1 aliphatic rings. The van der Waals surface area contributed by atoms with Crippen LogP contribution in [-0.4, -0.2) is 36.1 Å². The van der Waals surface area contributed by atoms with Crippen LogP contribution in [0.1, 0.15) is 72.5 Å². The highest BCUT2D eigenvalue weighted by Crippen LogP contribution is 2.39. The highest BCUT2D eigenvalue weighted by molar-refractivity contribution is 7.03. The second kappa shape index (κ2) is 11.3. The summed E-state index contributed by atoms with van der Waals surface area (Å²) in [6, 6.07) is 19.7. The zero-order valence-electron chi connectivity index (χ0n) is 36.4. The molecule has 0 fully saturated rings. The summed E-state index contributed by atoms with van der Waals surface area (Å²) in [4.78, 5) is 19.3. The summed E-state index contributed by atoms with van der Waals surface area (Å²) in [5.41, 5.74) is 3.68. The number of benzene rings is 3. The molecule has 0 N–H and O–H groups in total. The van der Waals surface area contributed by atoms with Crippen LogP contribution >= 0.6 is 0 Å². The van der Waals surface area contributed by atoms with Gasteiger partial charge in [-0.05, 0) is 60.2 Å². The molecule has 3 aromatic carbocycles. The topological polar surface area (TPSA) is 64.7 Å². The molecule has 0 aliphatic carbocycles. The zero-order chi connectivity index (χ0) is 40.3. The molecule has 49 heavy (non-hydrogen) atoms. The van der Waals surface area contributed by atoms with Crippen LogP contribution in [0.2, 0.25) is 38.3 Å². The van der Waals surface area contributed by atoms with E-state index in [0.717, 1.165) is 28.4 Å². The Hall–Kier alpha value is -3.95. The first-order valence-electron chi connectivity index (χ1n) is 20.2. The van der Waals surface area contributed by atoms with E-state index in [4.69, 9.17) is 32.6 Å². The zero-order valence-corrected chi connectivity index (χ0v) is 32.4. The predicted octanol–water partition coefficient (Wildman–Crippen LogP) is 10.2. The fourth-order valence-electron chi connectivity index (χ4n) is 6.98. The fraction of sp³-hybridized carbons (Fsp3) is 0.381. The highest BCUT2D eigenvalue weighted by Gasteiger charge is 2.40. The van der Waals surface area contributed by atoms with E-state index in [1.165, 1.54) is 16.6 Å². The first-order chi connectivity index (χ1) is 25.3. The summed E-state index contributed by atoms with van der Waals surface area (Å²) in [5.74, 6) is 2.01. The summed E-state index contributed by atoms with van der Waals surface area (Å²) >= 11 is 0. The summed E-state index contributed by atoms with van der Waals surface area (Å²) in [6.45, 7) is 16.8. The first-order valence-corrected chi connectivity index (χ1v) is 23.6. The molecular weight excluding hydrogens is 633 g/mol. The van der Waals surface area contributed by atoms with Crippen LogP contribution in [0.5, 0.6) is 0 Å². The van der Waals surface area contributed by atoms with Crippen molar-refractivity contribution >= 4 is 48.5 Å². The van der Waals surface area contributed by atoms with E-state index in [-0.39, 0.29) is 22.0 Å². The molecule has 0 saturated heterocycles. The van der Waals surface area contributed by atoms with Crippen molar-refractivity contribution in [2.24, 2.45) is 0 Å². The molecule has 0 atom stereocenters. The number of para-hydroxylation sites is 1. The summed E-state index contributed by atoms with van der Waals surface area (Å²) in [6.07, 6.45) is 1.39. The lowest BCUT2D eigenvalue weighted by molar-refractivity contribution is 0.497. The Balaban J connectivity index is 1.44. The molecule has 7 rings (SSSR count). The number of hydrogen-bond acceptors (Lipinski definition) is 5. The molecule has 0 amide bonds. The monoisotopic (exact) mass is 688 g/mol. The van der Waals surface area contributed by atoms with Crippen molar-refractivity contribution in [3.05, 3.63) is 83.6 Å². The molecule has 4 heterocycles. The van der Waals surface area contributed by atoms with Gasteiger partial charge in [0.25, 0.3) is 0 Å². The van der Waals surface area contributed by atoms with Gasteiger partial charge in [-0.1, -0.05) is 121 Å². The molecule has 252 valence electrons. The molecule has 3 aromatic heterocycles. The molecule has 0 unspecified atom stereocenters. The number of aryl methyl sites for hydroxylation is 2. The van der Waals surface area contributed by atoms with Gasteiger partial charge < -0.3 is 4.42 Å². The van der Waals surface area contributed by atoms with E-state index in [1.807, 2.05) is 48.5 Å². The van der Waals surface area contributed by atoms with E-state index < -0.39 is 29.9 Å². The van der Waals surface area contributed by atoms with Crippen molar-refractivity contribution in [3.8, 4) is 33.8 Å². The van der Waals surface area contributed by atoms with Crippen molar-refractivity contribution in [2.75, 3.05) is 0 Å². The van der Waals surface area contributed by atoms with Gasteiger partial charge >= 0.3 is 0 Å². The Bertz CT molecular complexity index is 2470. The normalized spacial score (nSPS) is 18.2. The van der Waals surface area contributed by atoms with Crippen molar-refractivity contribution in [2.45, 2.75) is 104 Å². The van der Waals surface area contributed by atoms with Gasteiger partial charge in [-0.3, -0.25) is 4.98 Å². The maximum atomic E-state index is 8.66. The second-order valence-electron chi connectivity index (χ2n) is 17.1. The van der Waals surface area contributed by atoms with E-state index >= 15 is 0 Å². The second-order valence-corrected chi connectivity index (χ2v) is 26.7. The molecule has 0 spiro atoms. The van der Waals surface area contributed by atoms with Crippen LogP contribution in [-0.2, 0) is 10.8 Å². The lowest BCUT2D eigenvalue weighted by atomic mass is 9.93. The number of hydrogen-bond donors (Lipinski definition) is 0. The van der Waals surface area contributed by atoms with E-state index in [9.17, 15) is 0 Å². The van der Waals surface area contributed by atoms with Crippen LogP contribution in [0.25, 0.3) is 55.7 Å². The van der Waals surface area contributed by atoms with E-state index in [1.54, 1.807) is 6.07 Å². The third-order valence-electron chi connectivity index (χ3n) is 10.2. The van der Waals surface area contributed by atoms with Crippen LogP contribution in [0.4, 0.5) is 0 Å². The fourth-order valence-corrected chi connectivity index (χ4v) is 17.2. The molecule has 6 aromatic rings. The molecule has 0 saturated carbocycles. The molecule has 5 nitrogen and oxygen atoms in total. The Morgan fingerprint density at radius 2 is 1.31 bits per heavy atom. The molecule has 1 aliphatic heterocycles. The summed E-state index contributed by atoms with van der Waals surface area (Å²) in [5, 5.41) is 4.22. The third kappa shape index (κ3) is 5.89. The molecule has 7 heteroatoms. The van der Waals surface area contributed by atoms with Gasteiger partial charge in [0.15, 0.2) is 5.82 Å². The number of aromatic nitrogens is 4. The van der Waals surface area contributed by atoms with Gasteiger partial charge in [0.1, 0.15) is 22.8 Å². The van der Waals surface area contributed by atoms with Crippen molar-refractivity contribution in [3.63, 3.8) is 0 Å². The van der Waals surface area contributed by atoms with Crippen LogP contribution in [0.3, 0.4) is 0 Å². The Morgan fingerprint density at radius 1 is 0.673 bits per heavy atom. The van der Waals surface area contributed by atoms with Gasteiger partial charge in [0.05, 0.1) is 21.8 Å². The largest absolute Gasteiger partial charge is 0.455 e. The van der Waals surface area contributed by atoms with Crippen molar-refractivity contribution in [1.29, 1.82) is 0 Å². The predicted molar refractivity (Wildman–Crippen MR) is 212 cm³/mol. The number of rotatable bonds is 3. The first kappa shape index (κ1) is 26.9. The van der Waals surface area contributed by atoms with Crippen LogP contribution in [0, 0.1) is 13.7 Å². The average molecular weight is 689 g/mol. The maximum absolute atomic E-state index is 8.66. The molecular formula is C42H50N4OSi2. The Labute approximate surface area is 302 Å². The number of nitrogens with zero attached hydrogens (tertiary/aromatic N) is 4. The van der Waals surface area contributed by atoms with Crippen LogP contribution < -0.4 is 10.4 Å². The van der Waals surface area contributed by atoms with Crippen LogP contribution in [0.15, 0.2) is 65.2 Å². The third-order valence-corrected chi connectivity index (χ3v) is 17.7. The lowest BCUT2D eigenvalue weighted by Crippen LogP contribution is -2.63. The molecule has 0 radical (unpaired) electrons. The number of fused-ring (bicyclic) bond motifs is 4. The minimum atomic E-state index is -2.53. The minimum absolute atomic E-state index is 0.0245. The maximum Gasteiger partial charge on any atom is 0.163 e. The standard InChI is InChI=1S/C42H50N4OSi2/c1-25-20-35-36(49(11,12)19-18-48(35,9)10)23-32(25)31-22-33(43-24-26(31)2)30-15-13-14-29-28-17-16-27(21-34(28)47-37(29)30)38-44-39(41(3,4)5)46-40(45-38)42(6,7)8/h13-17,20-24H,18-19H2,1-12H3/i1D3,2D3. The smallest absolute Gasteiger partial charge is 0.163 e. The highest BCUT2D eigenvalue weighted by atomic mass is 28.3. The van der Waals surface area contributed by atoms with Gasteiger partial charge in [0.2, 0.25) is 0 Å². The summed E-state index contributed by atoms with van der Waals surface area (Å²) < 4.78 is 58.2. The lowest BCUT2D eigenvalue weighted by Gasteiger charge is -2.40. The van der Waals surface area contributed by atoms with Gasteiger partial charge in [-0.15, -0.1) is 0 Å². The number of furan rings is 1. The Kier molecular flexibility index (Phi) is 6.19. The van der Waals surface area contributed by atoms with E-state index in [2.05, 4.69) is 67.7 Å². The van der Waals surface area contributed by atoms with Gasteiger partial charge in [-0.25, -0.2) is 15.0 Å². The van der Waals surface area contributed by atoms with Gasteiger partial charge in [-0.2, -0.15) is 0 Å². The van der Waals surface area contributed by atoms with Crippen molar-refractivity contribution < 1.29 is 12.6 Å². The summed E-state index contributed by atoms with van der Waals surface area (Å²) in [7, 11) is -3.84. The Morgan fingerprint density at radius 3 is 1.94 bits per heavy atom. The number of pyridine rings is 1.